The molecule has 0 atom stereocenters. The molecule has 1 aliphatic rings. The highest BCUT2D eigenvalue weighted by atomic mass is 35.5. The van der Waals surface area contributed by atoms with Crippen LogP contribution in [0.1, 0.15) is 5.69 Å². The molecule has 0 N–H and O–H groups in total. The van der Waals surface area contributed by atoms with E-state index in [1.807, 2.05) is 4.90 Å². The molecule has 0 bridgehead atoms. The SMILES string of the molecule is Cc1nc2nc(N3CCOCC3)nc(-c3ccc(Cl)cc3F)c2cc1Cl. The van der Waals surface area contributed by atoms with Crippen molar-refractivity contribution >= 4 is 40.2 Å². The van der Waals surface area contributed by atoms with Crippen LogP contribution < -0.4 is 4.90 Å². The molecule has 3 aromatic rings. The number of morpholine rings is 1. The summed E-state index contributed by atoms with van der Waals surface area (Å²) in [6.07, 6.45) is 0. The Hall–Kier alpha value is -2.02. The van der Waals surface area contributed by atoms with Crippen molar-refractivity contribution in [3.63, 3.8) is 0 Å². The number of nitrogens with zero attached hydrogens (tertiary/aromatic N) is 4. The molecule has 26 heavy (non-hydrogen) atoms. The van der Waals surface area contributed by atoms with E-state index in [9.17, 15) is 4.39 Å². The lowest BCUT2D eigenvalue weighted by molar-refractivity contribution is 0.122. The van der Waals surface area contributed by atoms with Gasteiger partial charge in [0.2, 0.25) is 5.95 Å². The van der Waals surface area contributed by atoms with E-state index < -0.39 is 5.82 Å². The van der Waals surface area contributed by atoms with Crippen LogP contribution in [0.5, 0.6) is 0 Å². The van der Waals surface area contributed by atoms with E-state index in [1.54, 1.807) is 25.1 Å². The average molecular weight is 393 g/mol. The molecule has 1 fully saturated rings. The third kappa shape index (κ3) is 3.20. The Morgan fingerprint density at radius 3 is 2.58 bits per heavy atom. The number of halogens is 3. The molecular formula is C18H15Cl2FN4O. The van der Waals surface area contributed by atoms with Crippen LogP contribution in [0.25, 0.3) is 22.3 Å². The van der Waals surface area contributed by atoms with Crippen molar-refractivity contribution in [2.24, 2.45) is 0 Å². The summed E-state index contributed by atoms with van der Waals surface area (Å²) >= 11 is 12.1. The zero-order valence-electron chi connectivity index (χ0n) is 14.0. The molecule has 3 heterocycles. The largest absolute Gasteiger partial charge is 0.378 e. The third-order valence-corrected chi connectivity index (χ3v) is 4.90. The van der Waals surface area contributed by atoms with Gasteiger partial charge in [-0.2, -0.15) is 4.98 Å². The Morgan fingerprint density at radius 2 is 1.85 bits per heavy atom. The molecule has 5 nitrogen and oxygen atoms in total. The van der Waals surface area contributed by atoms with Gasteiger partial charge < -0.3 is 9.64 Å². The lowest BCUT2D eigenvalue weighted by atomic mass is 10.1. The Kier molecular flexibility index (Phi) is 4.65. The van der Waals surface area contributed by atoms with Crippen LogP contribution in [-0.4, -0.2) is 41.3 Å². The first-order valence-electron chi connectivity index (χ1n) is 8.16. The molecule has 0 aliphatic carbocycles. The number of hydrogen-bond donors (Lipinski definition) is 0. The Balaban J connectivity index is 1.97. The molecule has 1 saturated heterocycles. The minimum Gasteiger partial charge on any atom is -0.378 e. The van der Waals surface area contributed by atoms with E-state index in [1.165, 1.54) is 6.07 Å². The first kappa shape index (κ1) is 17.4. The van der Waals surface area contributed by atoms with Crippen molar-refractivity contribution < 1.29 is 9.13 Å². The van der Waals surface area contributed by atoms with E-state index in [4.69, 9.17) is 27.9 Å². The van der Waals surface area contributed by atoms with Gasteiger partial charge in [-0.1, -0.05) is 23.2 Å². The predicted molar refractivity (Wildman–Crippen MR) is 101 cm³/mol. The van der Waals surface area contributed by atoms with Crippen LogP contribution >= 0.6 is 23.2 Å². The number of ether oxygens (including phenoxy) is 1. The lowest BCUT2D eigenvalue weighted by Crippen LogP contribution is -2.37. The normalized spacial score (nSPS) is 14.8. The van der Waals surface area contributed by atoms with Gasteiger partial charge in [-0.25, -0.2) is 14.4 Å². The summed E-state index contributed by atoms with van der Waals surface area (Å²) in [6.45, 7) is 4.33. The van der Waals surface area contributed by atoms with Crippen LogP contribution in [0.3, 0.4) is 0 Å². The number of pyridine rings is 1. The van der Waals surface area contributed by atoms with Crippen LogP contribution in [0.15, 0.2) is 24.3 Å². The van der Waals surface area contributed by atoms with Gasteiger partial charge in [0, 0.05) is 29.1 Å². The van der Waals surface area contributed by atoms with Crippen LogP contribution in [0.2, 0.25) is 10.0 Å². The number of hydrogen-bond acceptors (Lipinski definition) is 5. The molecule has 0 unspecified atom stereocenters. The van der Waals surface area contributed by atoms with Crippen LogP contribution in [0, 0.1) is 12.7 Å². The van der Waals surface area contributed by atoms with Crippen LogP contribution in [-0.2, 0) is 4.74 Å². The van der Waals surface area contributed by atoms with E-state index in [0.717, 1.165) is 0 Å². The number of benzene rings is 1. The van der Waals surface area contributed by atoms with Crippen molar-refractivity contribution in [2.75, 3.05) is 31.2 Å². The van der Waals surface area contributed by atoms with Crippen molar-refractivity contribution in [2.45, 2.75) is 6.92 Å². The Morgan fingerprint density at radius 1 is 1.08 bits per heavy atom. The zero-order chi connectivity index (χ0) is 18.3. The molecule has 1 aliphatic heterocycles. The van der Waals surface area contributed by atoms with Gasteiger partial charge in [0.25, 0.3) is 0 Å². The first-order valence-corrected chi connectivity index (χ1v) is 8.91. The number of fused-ring (bicyclic) bond motifs is 1. The fourth-order valence-electron chi connectivity index (χ4n) is 2.90. The molecule has 8 heteroatoms. The fourth-order valence-corrected chi connectivity index (χ4v) is 3.21. The average Bonchev–Trinajstić information content (AvgIpc) is 2.63. The Labute approximate surface area is 159 Å². The Bertz CT molecular complexity index is 993. The molecular weight excluding hydrogens is 378 g/mol. The van der Waals surface area contributed by atoms with Gasteiger partial charge in [-0.05, 0) is 31.2 Å². The molecule has 1 aromatic carbocycles. The second-order valence-electron chi connectivity index (χ2n) is 6.02. The van der Waals surface area contributed by atoms with Crippen molar-refractivity contribution in [3.05, 3.63) is 45.8 Å². The maximum Gasteiger partial charge on any atom is 0.228 e. The maximum atomic E-state index is 14.6. The highest BCUT2D eigenvalue weighted by Crippen LogP contribution is 2.32. The summed E-state index contributed by atoms with van der Waals surface area (Å²) < 4.78 is 20.0. The molecule has 0 saturated carbocycles. The molecule has 4 rings (SSSR count). The van der Waals surface area contributed by atoms with Gasteiger partial charge >= 0.3 is 0 Å². The number of rotatable bonds is 2. The number of anilines is 1. The van der Waals surface area contributed by atoms with E-state index in [-0.39, 0.29) is 0 Å². The summed E-state index contributed by atoms with van der Waals surface area (Å²) in [4.78, 5) is 15.7. The van der Waals surface area contributed by atoms with Gasteiger partial charge in [-0.3, -0.25) is 0 Å². The summed E-state index contributed by atoms with van der Waals surface area (Å²) in [5.74, 6) is 0.0431. The van der Waals surface area contributed by atoms with Gasteiger partial charge in [0.1, 0.15) is 5.82 Å². The van der Waals surface area contributed by atoms with Crippen LogP contribution in [0.4, 0.5) is 10.3 Å². The quantitative estimate of drug-likeness (QED) is 0.651. The molecule has 0 amide bonds. The molecule has 2 aromatic heterocycles. The fraction of sp³-hybridized carbons (Fsp3) is 0.278. The van der Waals surface area contributed by atoms with Crippen molar-refractivity contribution in [1.82, 2.24) is 15.0 Å². The molecule has 0 radical (unpaired) electrons. The minimum atomic E-state index is -0.456. The van der Waals surface area contributed by atoms with E-state index >= 15 is 0 Å². The van der Waals surface area contributed by atoms with E-state index in [0.29, 0.717) is 70.3 Å². The smallest absolute Gasteiger partial charge is 0.228 e. The summed E-state index contributed by atoms with van der Waals surface area (Å²) in [5.41, 5.74) is 1.92. The topological polar surface area (TPSA) is 51.1 Å². The molecule has 134 valence electrons. The second kappa shape index (κ2) is 6.95. The summed E-state index contributed by atoms with van der Waals surface area (Å²) in [7, 11) is 0. The van der Waals surface area contributed by atoms with Gasteiger partial charge in [-0.15, -0.1) is 0 Å². The minimum absolute atomic E-state index is 0.324. The highest BCUT2D eigenvalue weighted by molar-refractivity contribution is 6.32. The summed E-state index contributed by atoms with van der Waals surface area (Å²) in [5, 5.41) is 1.40. The van der Waals surface area contributed by atoms with Crippen molar-refractivity contribution in [1.29, 1.82) is 0 Å². The standard InChI is InChI=1S/C18H15Cl2FN4O/c1-10-14(20)9-13-16(12-3-2-11(19)8-15(12)21)23-18(24-17(13)22-10)25-4-6-26-7-5-25/h2-3,8-9H,4-7H2,1H3. The maximum absolute atomic E-state index is 14.6. The van der Waals surface area contributed by atoms with E-state index in [2.05, 4.69) is 15.0 Å². The van der Waals surface area contributed by atoms with Gasteiger partial charge in [0.15, 0.2) is 5.65 Å². The third-order valence-electron chi connectivity index (χ3n) is 4.28. The second-order valence-corrected chi connectivity index (χ2v) is 6.87. The number of aryl methyl sites for hydroxylation is 1. The van der Waals surface area contributed by atoms with Gasteiger partial charge in [0.05, 0.1) is 29.6 Å². The number of aromatic nitrogens is 3. The summed E-state index contributed by atoms with van der Waals surface area (Å²) in [6, 6.07) is 6.23. The highest BCUT2D eigenvalue weighted by Gasteiger charge is 2.20. The first-order chi connectivity index (χ1) is 12.5. The van der Waals surface area contributed by atoms with Crippen molar-refractivity contribution in [3.8, 4) is 11.3 Å². The lowest BCUT2D eigenvalue weighted by Gasteiger charge is -2.27. The zero-order valence-corrected chi connectivity index (χ0v) is 15.5. The monoisotopic (exact) mass is 392 g/mol. The predicted octanol–water partition coefficient (Wildman–Crippen LogP) is 4.28. The molecule has 0 spiro atoms.